The van der Waals surface area contributed by atoms with Crippen molar-refractivity contribution < 1.29 is 9.53 Å². The lowest BCUT2D eigenvalue weighted by Gasteiger charge is -2.25. The topological polar surface area (TPSA) is 48.1 Å². The highest BCUT2D eigenvalue weighted by molar-refractivity contribution is 7.97. The first-order valence-corrected chi connectivity index (χ1v) is 12.9. The summed E-state index contributed by atoms with van der Waals surface area (Å²) in [7, 11) is 8.07. The van der Waals surface area contributed by atoms with E-state index in [1.807, 2.05) is 31.3 Å². The molecule has 0 spiro atoms. The molecule has 0 aromatic heterocycles. The summed E-state index contributed by atoms with van der Waals surface area (Å²) in [6.45, 7) is 7.02. The van der Waals surface area contributed by atoms with Gasteiger partial charge >= 0.3 is 0 Å². The molecule has 6 nitrogen and oxygen atoms in total. The SMILES string of the molecule is COc1cc(C)c(SN(C)CCC(=O)Nc2ccc(N3CCCC(N(C)C)CC3)cc2)c(C)c1. The van der Waals surface area contributed by atoms with Crippen molar-refractivity contribution in [2.24, 2.45) is 0 Å². The van der Waals surface area contributed by atoms with E-state index in [4.69, 9.17) is 4.74 Å². The lowest BCUT2D eigenvalue weighted by molar-refractivity contribution is -0.116. The Morgan fingerprint density at radius 2 is 1.76 bits per heavy atom. The van der Waals surface area contributed by atoms with Crippen LogP contribution in [0, 0.1) is 13.8 Å². The van der Waals surface area contributed by atoms with Gasteiger partial charge in [-0.25, -0.2) is 4.31 Å². The quantitative estimate of drug-likeness (QED) is 0.494. The number of hydrogen-bond donors (Lipinski definition) is 1. The van der Waals surface area contributed by atoms with Crippen molar-refractivity contribution in [1.82, 2.24) is 9.21 Å². The average molecular weight is 485 g/mol. The van der Waals surface area contributed by atoms with E-state index < -0.39 is 0 Å². The second-order valence-corrected chi connectivity index (χ2v) is 10.6. The number of carbonyl (C=O) groups excluding carboxylic acids is 1. The number of rotatable bonds is 9. The minimum absolute atomic E-state index is 0.0342. The second-order valence-electron chi connectivity index (χ2n) is 9.41. The van der Waals surface area contributed by atoms with Crippen LogP contribution in [0.25, 0.3) is 0 Å². The molecule has 1 aliphatic rings. The van der Waals surface area contributed by atoms with Crippen molar-refractivity contribution in [2.75, 3.05) is 58.1 Å². The third kappa shape index (κ3) is 7.39. The molecule has 34 heavy (non-hydrogen) atoms. The molecule has 0 saturated carbocycles. The van der Waals surface area contributed by atoms with Gasteiger partial charge in [0.2, 0.25) is 5.91 Å². The Labute approximate surface area is 209 Å². The minimum Gasteiger partial charge on any atom is -0.497 e. The molecule has 2 aromatic carbocycles. The van der Waals surface area contributed by atoms with E-state index >= 15 is 0 Å². The number of ether oxygens (including phenoxy) is 1. The molecular weight excluding hydrogens is 444 g/mol. The van der Waals surface area contributed by atoms with Crippen molar-refractivity contribution in [1.29, 1.82) is 0 Å². The Balaban J connectivity index is 1.47. The molecule has 1 N–H and O–H groups in total. The highest BCUT2D eigenvalue weighted by atomic mass is 32.2. The summed E-state index contributed by atoms with van der Waals surface area (Å²) in [4.78, 5) is 18.6. The van der Waals surface area contributed by atoms with Gasteiger partial charge in [0.25, 0.3) is 0 Å². The van der Waals surface area contributed by atoms with Crippen LogP contribution in [0.3, 0.4) is 0 Å². The molecule has 1 fully saturated rings. The zero-order valence-corrected chi connectivity index (χ0v) is 22.4. The van der Waals surface area contributed by atoms with Gasteiger partial charge in [-0.1, -0.05) is 0 Å². The molecule has 1 unspecified atom stereocenters. The molecule has 2 aromatic rings. The summed E-state index contributed by atoms with van der Waals surface area (Å²) in [5.41, 5.74) is 4.45. The van der Waals surface area contributed by atoms with Crippen molar-refractivity contribution in [2.45, 2.75) is 50.5 Å². The van der Waals surface area contributed by atoms with E-state index in [1.54, 1.807) is 19.1 Å². The van der Waals surface area contributed by atoms with E-state index in [2.05, 4.69) is 59.5 Å². The Morgan fingerprint density at radius 3 is 2.38 bits per heavy atom. The molecule has 0 radical (unpaired) electrons. The van der Waals surface area contributed by atoms with Gasteiger partial charge in [0.1, 0.15) is 5.75 Å². The largest absolute Gasteiger partial charge is 0.497 e. The molecule has 1 aliphatic heterocycles. The number of anilines is 2. The van der Waals surface area contributed by atoms with Crippen LogP contribution in [0.2, 0.25) is 0 Å². The van der Waals surface area contributed by atoms with Gasteiger partial charge in [-0.15, -0.1) is 0 Å². The zero-order valence-electron chi connectivity index (χ0n) is 21.6. The first-order chi connectivity index (χ1) is 16.3. The number of methoxy groups -OCH3 is 1. The van der Waals surface area contributed by atoms with Crippen LogP contribution in [0.4, 0.5) is 11.4 Å². The summed E-state index contributed by atoms with van der Waals surface area (Å²) >= 11 is 1.67. The van der Waals surface area contributed by atoms with Gasteiger partial charge in [-0.05, 0) is 114 Å². The number of amides is 1. The summed E-state index contributed by atoms with van der Waals surface area (Å²) in [6, 6.07) is 13.1. The molecular formula is C27H40N4O2S. The van der Waals surface area contributed by atoms with Crippen molar-refractivity contribution in [3.8, 4) is 5.75 Å². The summed E-state index contributed by atoms with van der Waals surface area (Å²) in [5, 5.41) is 3.05. The smallest absolute Gasteiger partial charge is 0.225 e. The van der Waals surface area contributed by atoms with Crippen LogP contribution in [-0.2, 0) is 4.79 Å². The Hall–Kier alpha value is -2.22. The third-order valence-corrected chi connectivity index (χ3v) is 7.84. The van der Waals surface area contributed by atoms with Crippen LogP contribution >= 0.6 is 11.9 Å². The normalized spacial score (nSPS) is 16.6. The number of aryl methyl sites for hydroxylation is 2. The summed E-state index contributed by atoms with van der Waals surface area (Å²) < 4.78 is 7.47. The first kappa shape index (κ1) is 26.4. The Kier molecular flexibility index (Phi) is 9.68. The predicted molar refractivity (Wildman–Crippen MR) is 144 cm³/mol. The fourth-order valence-corrected chi connectivity index (χ4v) is 5.37. The van der Waals surface area contributed by atoms with E-state index in [0.29, 0.717) is 19.0 Å². The van der Waals surface area contributed by atoms with Crippen LogP contribution in [0.5, 0.6) is 5.75 Å². The van der Waals surface area contributed by atoms with E-state index in [1.165, 1.54) is 41.0 Å². The van der Waals surface area contributed by atoms with Gasteiger partial charge < -0.3 is 19.9 Å². The van der Waals surface area contributed by atoms with Crippen LogP contribution in [0.1, 0.15) is 36.8 Å². The monoisotopic (exact) mass is 484 g/mol. The number of hydrogen-bond acceptors (Lipinski definition) is 6. The van der Waals surface area contributed by atoms with Crippen LogP contribution < -0.4 is 15.0 Å². The van der Waals surface area contributed by atoms with Crippen molar-refractivity contribution in [3.05, 3.63) is 47.5 Å². The standard InChI is InChI=1S/C27H40N4O2S/c1-20-18-25(33-6)19-21(2)27(20)34-30(5)16-14-26(32)28-22-9-11-24(12-10-22)31-15-7-8-23(13-17-31)29(3)4/h9-12,18-19,23H,7-8,13-17H2,1-6H3,(H,28,32). The number of benzene rings is 2. The third-order valence-electron chi connectivity index (χ3n) is 6.51. The van der Waals surface area contributed by atoms with E-state index in [0.717, 1.165) is 24.5 Å². The first-order valence-electron chi connectivity index (χ1n) is 12.1. The highest BCUT2D eigenvalue weighted by Crippen LogP contribution is 2.32. The van der Waals surface area contributed by atoms with Gasteiger partial charge in [0, 0.05) is 48.4 Å². The molecule has 0 bridgehead atoms. The fraction of sp³-hybridized carbons (Fsp3) is 0.519. The average Bonchev–Trinajstić information content (AvgIpc) is 3.07. The van der Waals surface area contributed by atoms with Gasteiger partial charge in [-0.2, -0.15) is 0 Å². The van der Waals surface area contributed by atoms with Gasteiger partial charge in [0.05, 0.1) is 7.11 Å². The Morgan fingerprint density at radius 1 is 1.09 bits per heavy atom. The summed E-state index contributed by atoms with van der Waals surface area (Å²) in [6.07, 6.45) is 4.09. The molecule has 7 heteroatoms. The van der Waals surface area contributed by atoms with Gasteiger partial charge in [-0.3, -0.25) is 4.79 Å². The molecule has 186 valence electrons. The maximum absolute atomic E-state index is 12.5. The molecule has 1 heterocycles. The maximum atomic E-state index is 12.5. The minimum atomic E-state index is 0.0342. The van der Waals surface area contributed by atoms with Crippen molar-refractivity contribution in [3.63, 3.8) is 0 Å². The van der Waals surface area contributed by atoms with E-state index in [-0.39, 0.29) is 5.91 Å². The van der Waals surface area contributed by atoms with Crippen LogP contribution in [0.15, 0.2) is 41.3 Å². The lowest BCUT2D eigenvalue weighted by atomic mass is 10.1. The second kappa shape index (κ2) is 12.5. The molecule has 1 atom stereocenters. The zero-order chi connectivity index (χ0) is 24.7. The number of nitrogens with zero attached hydrogens (tertiary/aromatic N) is 3. The fourth-order valence-electron chi connectivity index (χ4n) is 4.47. The maximum Gasteiger partial charge on any atom is 0.225 e. The van der Waals surface area contributed by atoms with E-state index in [9.17, 15) is 4.79 Å². The van der Waals surface area contributed by atoms with Crippen molar-refractivity contribution >= 4 is 29.2 Å². The van der Waals surface area contributed by atoms with Crippen LogP contribution in [-0.4, -0.2) is 69.0 Å². The van der Waals surface area contributed by atoms with Gasteiger partial charge in [0.15, 0.2) is 0 Å². The molecule has 0 aliphatic carbocycles. The highest BCUT2D eigenvalue weighted by Gasteiger charge is 2.18. The molecule has 3 rings (SSSR count). The number of carbonyl (C=O) groups is 1. The number of nitrogens with one attached hydrogen (secondary N) is 1. The summed E-state index contributed by atoms with van der Waals surface area (Å²) in [5.74, 6) is 0.910. The predicted octanol–water partition coefficient (Wildman–Crippen LogP) is 5.20. The lowest BCUT2D eigenvalue weighted by Crippen LogP contribution is -2.30. The molecule has 1 saturated heterocycles. The molecule has 1 amide bonds. The Bertz CT molecular complexity index is 925.